The third-order valence-corrected chi connectivity index (χ3v) is 3.29. The van der Waals surface area contributed by atoms with Gasteiger partial charge in [-0.1, -0.05) is 12.1 Å². The normalized spacial score (nSPS) is 12.3. The zero-order valence-corrected chi connectivity index (χ0v) is 12.0. The zero-order valence-electron chi connectivity index (χ0n) is 12.0. The standard InChI is InChI=1S/C16H15FN4O/c1-10(18)15-19-14-5-3-2-4-13(14)16(22)21(15)20-12-8-6-11(17)7-9-12/h2-10,20H,18H2,1H3. The van der Waals surface area contributed by atoms with Crippen molar-refractivity contribution < 1.29 is 4.39 Å². The van der Waals surface area contributed by atoms with E-state index in [0.717, 1.165) is 0 Å². The van der Waals surface area contributed by atoms with Crippen molar-refractivity contribution in [2.45, 2.75) is 13.0 Å². The van der Waals surface area contributed by atoms with Crippen LogP contribution in [0.15, 0.2) is 53.3 Å². The van der Waals surface area contributed by atoms with Crippen LogP contribution in [0.25, 0.3) is 10.9 Å². The number of para-hydroxylation sites is 1. The molecular weight excluding hydrogens is 283 g/mol. The Labute approximate surface area is 126 Å². The Bertz CT molecular complexity index is 871. The Morgan fingerprint density at radius 2 is 1.86 bits per heavy atom. The lowest BCUT2D eigenvalue weighted by molar-refractivity contribution is 0.627. The van der Waals surface area contributed by atoms with Gasteiger partial charge in [-0.3, -0.25) is 10.2 Å². The Kier molecular flexibility index (Phi) is 3.60. The van der Waals surface area contributed by atoms with E-state index in [1.807, 2.05) is 6.07 Å². The topological polar surface area (TPSA) is 72.9 Å². The average Bonchev–Trinajstić information content (AvgIpc) is 2.51. The van der Waals surface area contributed by atoms with Crippen LogP contribution in [0.2, 0.25) is 0 Å². The summed E-state index contributed by atoms with van der Waals surface area (Å²) in [4.78, 5) is 17.1. The van der Waals surface area contributed by atoms with Crippen LogP contribution in [0.5, 0.6) is 0 Å². The molecule has 0 fully saturated rings. The van der Waals surface area contributed by atoms with E-state index < -0.39 is 6.04 Å². The third-order valence-electron chi connectivity index (χ3n) is 3.29. The van der Waals surface area contributed by atoms with E-state index in [9.17, 15) is 9.18 Å². The smallest absolute Gasteiger partial charge is 0.280 e. The minimum atomic E-state index is -0.440. The Morgan fingerprint density at radius 1 is 1.18 bits per heavy atom. The van der Waals surface area contributed by atoms with Crippen LogP contribution >= 0.6 is 0 Å². The van der Waals surface area contributed by atoms with Crippen LogP contribution in [0, 0.1) is 5.82 Å². The number of benzene rings is 2. The fourth-order valence-electron chi connectivity index (χ4n) is 2.22. The molecule has 3 aromatic rings. The molecule has 6 heteroatoms. The molecule has 3 rings (SSSR count). The van der Waals surface area contributed by atoms with Crippen molar-refractivity contribution in [3.05, 3.63) is 70.5 Å². The molecular formula is C16H15FN4O. The molecule has 1 aromatic heterocycles. The van der Waals surface area contributed by atoms with E-state index in [4.69, 9.17) is 5.73 Å². The molecule has 0 saturated carbocycles. The van der Waals surface area contributed by atoms with Gasteiger partial charge in [-0.05, 0) is 43.3 Å². The van der Waals surface area contributed by atoms with Gasteiger partial charge in [0.15, 0.2) is 0 Å². The molecule has 0 bridgehead atoms. The van der Waals surface area contributed by atoms with Crippen LogP contribution in [-0.4, -0.2) is 9.66 Å². The molecule has 1 unspecified atom stereocenters. The second-order valence-corrected chi connectivity index (χ2v) is 5.04. The Balaban J connectivity index is 2.18. The lowest BCUT2D eigenvalue weighted by Gasteiger charge is -2.17. The zero-order chi connectivity index (χ0) is 15.7. The van der Waals surface area contributed by atoms with Gasteiger partial charge in [-0.15, -0.1) is 0 Å². The minimum Gasteiger partial charge on any atom is -0.322 e. The van der Waals surface area contributed by atoms with Crippen molar-refractivity contribution in [2.24, 2.45) is 5.73 Å². The first-order valence-corrected chi connectivity index (χ1v) is 6.86. The molecule has 0 spiro atoms. The molecule has 112 valence electrons. The molecule has 0 saturated heterocycles. The summed E-state index contributed by atoms with van der Waals surface area (Å²) in [5.41, 5.74) is 9.78. The first-order valence-electron chi connectivity index (χ1n) is 6.86. The van der Waals surface area contributed by atoms with Gasteiger partial charge in [0.05, 0.1) is 22.6 Å². The highest BCUT2D eigenvalue weighted by molar-refractivity contribution is 5.77. The highest BCUT2D eigenvalue weighted by atomic mass is 19.1. The van der Waals surface area contributed by atoms with Crippen LogP contribution in [-0.2, 0) is 0 Å². The van der Waals surface area contributed by atoms with E-state index >= 15 is 0 Å². The van der Waals surface area contributed by atoms with E-state index in [1.54, 1.807) is 37.3 Å². The molecule has 0 aliphatic heterocycles. The van der Waals surface area contributed by atoms with Gasteiger partial charge in [0.2, 0.25) is 0 Å². The molecule has 0 amide bonds. The third kappa shape index (κ3) is 2.56. The number of nitrogens with zero attached hydrogens (tertiary/aromatic N) is 2. The second kappa shape index (κ2) is 5.57. The van der Waals surface area contributed by atoms with Crippen molar-refractivity contribution in [2.75, 3.05) is 5.43 Å². The number of fused-ring (bicyclic) bond motifs is 1. The molecule has 22 heavy (non-hydrogen) atoms. The van der Waals surface area contributed by atoms with E-state index in [2.05, 4.69) is 10.4 Å². The largest absolute Gasteiger partial charge is 0.322 e. The van der Waals surface area contributed by atoms with Crippen molar-refractivity contribution >= 4 is 16.6 Å². The fourth-order valence-corrected chi connectivity index (χ4v) is 2.22. The summed E-state index contributed by atoms with van der Waals surface area (Å²) in [6.07, 6.45) is 0. The summed E-state index contributed by atoms with van der Waals surface area (Å²) in [6.45, 7) is 1.75. The summed E-state index contributed by atoms with van der Waals surface area (Å²) in [5, 5.41) is 0.488. The van der Waals surface area contributed by atoms with Gasteiger partial charge in [-0.2, -0.15) is 0 Å². The average molecular weight is 298 g/mol. The second-order valence-electron chi connectivity index (χ2n) is 5.04. The maximum Gasteiger partial charge on any atom is 0.280 e. The SMILES string of the molecule is CC(N)c1nc2ccccc2c(=O)n1Nc1ccc(F)cc1. The number of halogens is 1. The number of nitrogens with one attached hydrogen (secondary N) is 1. The van der Waals surface area contributed by atoms with E-state index in [0.29, 0.717) is 22.4 Å². The highest BCUT2D eigenvalue weighted by Gasteiger charge is 2.14. The number of aromatic nitrogens is 2. The number of hydrogen-bond acceptors (Lipinski definition) is 4. The molecule has 3 N–H and O–H groups in total. The predicted molar refractivity (Wildman–Crippen MR) is 84.0 cm³/mol. The maximum absolute atomic E-state index is 13.0. The molecule has 0 aliphatic carbocycles. The quantitative estimate of drug-likeness (QED) is 0.779. The predicted octanol–water partition coefficient (Wildman–Crippen LogP) is 2.43. The van der Waals surface area contributed by atoms with Crippen molar-refractivity contribution in [3.63, 3.8) is 0 Å². The van der Waals surface area contributed by atoms with Gasteiger partial charge >= 0.3 is 0 Å². The summed E-state index contributed by atoms with van der Waals surface area (Å²) in [6, 6.07) is 12.3. The lowest BCUT2D eigenvalue weighted by Crippen LogP contribution is -2.33. The lowest BCUT2D eigenvalue weighted by atomic mass is 10.2. The number of hydrogen-bond donors (Lipinski definition) is 2. The highest BCUT2D eigenvalue weighted by Crippen LogP contribution is 2.14. The summed E-state index contributed by atoms with van der Waals surface area (Å²) in [7, 11) is 0. The van der Waals surface area contributed by atoms with Gasteiger partial charge in [0.25, 0.3) is 5.56 Å². The fraction of sp³-hybridized carbons (Fsp3) is 0.125. The Morgan fingerprint density at radius 3 is 2.55 bits per heavy atom. The van der Waals surface area contributed by atoms with E-state index in [-0.39, 0.29) is 11.4 Å². The van der Waals surface area contributed by atoms with Gasteiger partial charge in [0, 0.05) is 0 Å². The van der Waals surface area contributed by atoms with Crippen LogP contribution in [0.4, 0.5) is 10.1 Å². The monoisotopic (exact) mass is 298 g/mol. The van der Waals surface area contributed by atoms with Gasteiger partial charge in [-0.25, -0.2) is 14.1 Å². The molecule has 1 heterocycles. The number of anilines is 1. The summed E-state index contributed by atoms with van der Waals surface area (Å²) in [5.74, 6) is 0.0648. The van der Waals surface area contributed by atoms with Crippen LogP contribution < -0.4 is 16.7 Å². The molecule has 5 nitrogen and oxygen atoms in total. The summed E-state index contributed by atoms with van der Waals surface area (Å²) >= 11 is 0. The number of rotatable bonds is 3. The van der Waals surface area contributed by atoms with Crippen LogP contribution in [0.1, 0.15) is 18.8 Å². The summed E-state index contributed by atoms with van der Waals surface area (Å²) < 4.78 is 14.3. The maximum atomic E-state index is 13.0. The molecule has 2 aromatic carbocycles. The van der Waals surface area contributed by atoms with Crippen molar-refractivity contribution in [1.82, 2.24) is 9.66 Å². The van der Waals surface area contributed by atoms with Gasteiger partial charge in [0.1, 0.15) is 11.6 Å². The van der Waals surface area contributed by atoms with Gasteiger partial charge < -0.3 is 5.73 Å². The molecule has 1 atom stereocenters. The van der Waals surface area contributed by atoms with Crippen molar-refractivity contribution in [1.29, 1.82) is 0 Å². The van der Waals surface area contributed by atoms with Crippen LogP contribution in [0.3, 0.4) is 0 Å². The van der Waals surface area contributed by atoms with E-state index in [1.165, 1.54) is 16.8 Å². The number of nitrogens with two attached hydrogens (primary N) is 1. The molecule has 0 aliphatic rings. The minimum absolute atomic E-state index is 0.248. The molecule has 0 radical (unpaired) electrons. The first-order chi connectivity index (χ1) is 10.6. The van der Waals surface area contributed by atoms with Crippen molar-refractivity contribution in [3.8, 4) is 0 Å². The first kappa shape index (κ1) is 14.2. The Hall–Kier alpha value is -2.73.